The minimum absolute atomic E-state index is 0.875. The van der Waals surface area contributed by atoms with Crippen LogP contribution in [0.1, 0.15) is 16.8 Å². The summed E-state index contributed by atoms with van der Waals surface area (Å²) in [6.45, 7) is 2.10. The molecule has 3 heteroatoms. The van der Waals surface area contributed by atoms with E-state index in [1.54, 1.807) is 0 Å². The van der Waals surface area contributed by atoms with E-state index in [2.05, 4.69) is 58.3 Å². The summed E-state index contributed by atoms with van der Waals surface area (Å²) >= 11 is 3.47. The highest BCUT2D eigenvalue weighted by atomic mass is 79.9. The summed E-state index contributed by atoms with van der Waals surface area (Å²) in [6.07, 6.45) is 4.99. The molecule has 2 nitrogen and oxygen atoms in total. The van der Waals surface area contributed by atoms with Crippen molar-refractivity contribution in [3.63, 3.8) is 0 Å². The quantitative estimate of drug-likeness (QED) is 0.699. The standard InChI is InChI=1S/C15H13BrN2/c1-11-2-4-12(5-3-11)8-14-10-18-9-13(16)6-7-15(18)17-14/h2-7,9-10H,8H2,1H3. The molecule has 0 unspecified atom stereocenters. The average molecular weight is 301 g/mol. The Morgan fingerprint density at radius 3 is 2.61 bits per heavy atom. The van der Waals surface area contributed by atoms with Crippen molar-refractivity contribution in [2.24, 2.45) is 0 Å². The number of nitrogens with zero attached hydrogens (tertiary/aromatic N) is 2. The third-order valence-electron chi connectivity index (χ3n) is 2.97. The number of aryl methyl sites for hydroxylation is 1. The van der Waals surface area contributed by atoms with E-state index in [-0.39, 0.29) is 0 Å². The van der Waals surface area contributed by atoms with Crippen LogP contribution in [0.2, 0.25) is 0 Å². The molecule has 3 rings (SSSR count). The zero-order chi connectivity index (χ0) is 12.5. The third-order valence-corrected chi connectivity index (χ3v) is 3.44. The summed E-state index contributed by atoms with van der Waals surface area (Å²) in [6, 6.07) is 12.6. The van der Waals surface area contributed by atoms with Crippen molar-refractivity contribution >= 4 is 21.6 Å². The van der Waals surface area contributed by atoms with Crippen LogP contribution < -0.4 is 0 Å². The summed E-state index contributed by atoms with van der Waals surface area (Å²) in [5.74, 6) is 0. The number of benzene rings is 1. The van der Waals surface area contributed by atoms with Gasteiger partial charge in [0.15, 0.2) is 0 Å². The third kappa shape index (κ3) is 2.31. The lowest BCUT2D eigenvalue weighted by molar-refractivity contribution is 1.11. The molecule has 0 spiro atoms. The van der Waals surface area contributed by atoms with Gasteiger partial charge in [0.25, 0.3) is 0 Å². The van der Waals surface area contributed by atoms with Crippen molar-refractivity contribution in [1.29, 1.82) is 0 Å². The lowest BCUT2D eigenvalue weighted by Gasteiger charge is -1.98. The smallest absolute Gasteiger partial charge is 0.137 e. The Bertz CT molecular complexity index is 683. The Morgan fingerprint density at radius 2 is 1.83 bits per heavy atom. The molecule has 0 amide bonds. The van der Waals surface area contributed by atoms with Gasteiger partial charge >= 0.3 is 0 Å². The minimum atomic E-state index is 0.875. The van der Waals surface area contributed by atoms with E-state index in [0.29, 0.717) is 0 Å². The first kappa shape index (κ1) is 11.5. The maximum absolute atomic E-state index is 4.61. The normalized spacial score (nSPS) is 11.0. The first-order valence-electron chi connectivity index (χ1n) is 5.89. The van der Waals surface area contributed by atoms with Gasteiger partial charge in [-0.15, -0.1) is 0 Å². The van der Waals surface area contributed by atoms with Gasteiger partial charge in [-0.2, -0.15) is 0 Å². The van der Waals surface area contributed by atoms with E-state index in [4.69, 9.17) is 0 Å². The number of fused-ring (bicyclic) bond motifs is 1. The molecule has 0 bridgehead atoms. The predicted molar refractivity (Wildman–Crippen MR) is 76.9 cm³/mol. The number of pyridine rings is 1. The molecule has 0 fully saturated rings. The Labute approximate surface area is 114 Å². The van der Waals surface area contributed by atoms with E-state index in [1.165, 1.54) is 11.1 Å². The van der Waals surface area contributed by atoms with Crippen molar-refractivity contribution in [1.82, 2.24) is 9.38 Å². The van der Waals surface area contributed by atoms with Crippen LogP contribution in [-0.2, 0) is 6.42 Å². The van der Waals surface area contributed by atoms with Crippen LogP contribution in [0.25, 0.3) is 5.65 Å². The van der Waals surface area contributed by atoms with Crippen molar-refractivity contribution in [3.05, 3.63) is 70.1 Å². The van der Waals surface area contributed by atoms with Crippen LogP contribution in [0.5, 0.6) is 0 Å². The van der Waals surface area contributed by atoms with Crippen LogP contribution in [0, 0.1) is 6.92 Å². The number of imidazole rings is 1. The lowest BCUT2D eigenvalue weighted by Crippen LogP contribution is -1.87. The SMILES string of the molecule is Cc1ccc(Cc2cn3cc(Br)ccc3n2)cc1. The summed E-state index contributed by atoms with van der Waals surface area (Å²) in [4.78, 5) is 4.61. The molecule has 2 aromatic heterocycles. The van der Waals surface area contributed by atoms with Gasteiger partial charge in [-0.1, -0.05) is 29.8 Å². The van der Waals surface area contributed by atoms with Gasteiger partial charge in [0.05, 0.1) is 5.69 Å². The largest absolute Gasteiger partial charge is 0.306 e. The predicted octanol–water partition coefficient (Wildman–Crippen LogP) is 4.00. The topological polar surface area (TPSA) is 17.3 Å². The number of aromatic nitrogens is 2. The summed E-state index contributed by atoms with van der Waals surface area (Å²) in [5, 5.41) is 0. The van der Waals surface area contributed by atoms with E-state index in [1.807, 2.05) is 22.7 Å². The Balaban J connectivity index is 1.92. The molecule has 2 heterocycles. The van der Waals surface area contributed by atoms with Crippen LogP contribution in [0.4, 0.5) is 0 Å². The van der Waals surface area contributed by atoms with Gasteiger partial charge < -0.3 is 4.40 Å². The van der Waals surface area contributed by atoms with E-state index in [0.717, 1.165) is 22.2 Å². The number of hydrogen-bond donors (Lipinski definition) is 0. The average Bonchev–Trinajstić information content (AvgIpc) is 2.73. The molecule has 0 saturated carbocycles. The Kier molecular flexibility index (Phi) is 2.92. The molecule has 0 aliphatic carbocycles. The van der Waals surface area contributed by atoms with Crippen LogP contribution in [0.15, 0.2) is 53.3 Å². The van der Waals surface area contributed by atoms with E-state index < -0.39 is 0 Å². The van der Waals surface area contributed by atoms with Crippen LogP contribution >= 0.6 is 15.9 Å². The molecular formula is C15H13BrN2. The Hall–Kier alpha value is -1.61. The second-order valence-electron chi connectivity index (χ2n) is 4.51. The molecule has 0 aliphatic rings. The maximum Gasteiger partial charge on any atom is 0.137 e. The highest BCUT2D eigenvalue weighted by molar-refractivity contribution is 9.10. The number of halogens is 1. The molecule has 1 aromatic carbocycles. The maximum atomic E-state index is 4.61. The molecule has 3 aromatic rings. The van der Waals surface area contributed by atoms with Crippen molar-refractivity contribution in [2.75, 3.05) is 0 Å². The van der Waals surface area contributed by atoms with Gasteiger partial charge in [-0.3, -0.25) is 0 Å². The second-order valence-corrected chi connectivity index (χ2v) is 5.42. The summed E-state index contributed by atoms with van der Waals surface area (Å²) in [7, 11) is 0. The van der Waals surface area contributed by atoms with E-state index in [9.17, 15) is 0 Å². The summed E-state index contributed by atoms with van der Waals surface area (Å²) in [5.41, 5.74) is 4.66. The highest BCUT2D eigenvalue weighted by Crippen LogP contribution is 2.15. The number of hydrogen-bond acceptors (Lipinski definition) is 1. The fourth-order valence-electron chi connectivity index (χ4n) is 2.02. The fraction of sp³-hybridized carbons (Fsp3) is 0.133. The molecule has 0 saturated heterocycles. The zero-order valence-corrected chi connectivity index (χ0v) is 11.7. The first-order valence-corrected chi connectivity index (χ1v) is 6.69. The molecule has 0 N–H and O–H groups in total. The van der Waals surface area contributed by atoms with Crippen LogP contribution in [-0.4, -0.2) is 9.38 Å². The van der Waals surface area contributed by atoms with Gasteiger partial charge in [0.2, 0.25) is 0 Å². The molecule has 90 valence electrons. The lowest BCUT2D eigenvalue weighted by atomic mass is 10.1. The van der Waals surface area contributed by atoms with Crippen molar-refractivity contribution in [3.8, 4) is 0 Å². The van der Waals surface area contributed by atoms with Crippen LogP contribution in [0.3, 0.4) is 0 Å². The zero-order valence-electron chi connectivity index (χ0n) is 10.1. The van der Waals surface area contributed by atoms with E-state index >= 15 is 0 Å². The fourth-order valence-corrected chi connectivity index (χ4v) is 2.37. The molecular weight excluding hydrogens is 288 g/mol. The van der Waals surface area contributed by atoms with Gasteiger partial charge in [-0.25, -0.2) is 4.98 Å². The number of rotatable bonds is 2. The van der Waals surface area contributed by atoms with Gasteiger partial charge in [0, 0.05) is 23.3 Å². The highest BCUT2D eigenvalue weighted by Gasteiger charge is 2.03. The first-order chi connectivity index (χ1) is 8.70. The molecule has 0 radical (unpaired) electrons. The molecule has 0 aliphatic heterocycles. The Morgan fingerprint density at radius 1 is 1.06 bits per heavy atom. The molecule has 18 heavy (non-hydrogen) atoms. The minimum Gasteiger partial charge on any atom is -0.306 e. The summed E-state index contributed by atoms with van der Waals surface area (Å²) < 4.78 is 3.11. The van der Waals surface area contributed by atoms with Gasteiger partial charge in [-0.05, 0) is 40.5 Å². The van der Waals surface area contributed by atoms with Crippen molar-refractivity contribution in [2.45, 2.75) is 13.3 Å². The molecule has 0 atom stereocenters. The van der Waals surface area contributed by atoms with Gasteiger partial charge in [0.1, 0.15) is 5.65 Å². The monoisotopic (exact) mass is 300 g/mol. The second kappa shape index (κ2) is 4.58. The van der Waals surface area contributed by atoms with Crippen molar-refractivity contribution < 1.29 is 0 Å².